The Morgan fingerprint density at radius 2 is 2.04 bits per heavy atom. The number of hydrogen-bond donors (Lipinski definition) is 0. The minimum Gasteiger partial charge on any atom is -0.376 e. The number of aromatic nitrogens is 1. The number of amides is 1. The summed E-state index contributed by atoms with van der Waals surface area (Å²) in [4.78, 5) is 21.7. The van der Waals surface area contributed by atoms with Gasteiger partial charge in [0.1, 0.15) is 0 Å². The van der Waals surface area contributed by atoms with Crippen LogP contribution in [-0.2, 0) is 11.3 Å². The Labute approximate surface area is 168 Å². The molecule has 28 heavy (non-hydrogen) atoms. The van der Waals surface area contributed by atoms with Crippen LogP contribution in [0.2, 0.25) is 0 Å². The number of nitrogens with zero attached hydrogens (tertiary/aromatic N) is 3. The van der Waals surface area contributed by atoms with Crippen molar-refractivity contribution in [3.63, 3.8) is 0 Å². The fourth-order valence-electron chi connectivity index (χ4n) is 3.70. The predicted molar refractivity (Wildman–Crippen MR) is 113 cm³/mol. The second-order valence-electron chi connectivity index (χ2n) is 7.31. The monoisotopic (exact) mass is 381 g/mol. The van der Waals surface area contributed by atoms with Crippen LogP contribution in [0.3, 0.4) is 0 Å². The van der Waals surface area contributed by atoms with Crippen molar-refractivity contribution in [3.8, 4) is 0 Å². The van der Waals surface area contributed by atoms with Crippen LogP contribution >= 0.6 is 0 Å². The third kappa shape index (κ3) is 5.32. The molecule has 3 rings (SSSR count). The van der Waals surface area contributed by atoms with Crippen LogP contribution in [0.25, 0.3) is 0 Å². The van der Waals surface area contributed by atoms with E-state index < -0.39 is 0 Å². The van der Waals surface area contributed by atoms with Crippen LogP contribution in [0.4, 0.5) is 5.69 Å². The molecule has 0 spiro atoms. The Balaban J connectivity index is 1.75. The lowest BCUT2D eigenvalue weighted by molar-refractivity contribution is 0.0507. The molecule has 1 unspecified atom stereocenters. The molecular formula is C23H31N3O2. The van der Waals surface area contributed by atoms with Crippen molar-refractivity contribution < 1.29 is 9.53 Å². The zero-order chi connectivity index (χ0) is 19.8. The lowest BCUT2D eigenvalue weighted by Crippen LogP contribution is -2.37. The highest BCUT2D eigenvalue weighted by Gasteiger charge is 2.24. The van der Waals surface area contributed by atoms with Crippen molar-refractivity contribution in [1.29, 1.82) is 0 Å². The van der Waals surface area contributed by atoms with E-state index in [9.17, 15) is 4.79 Å². The highest BCUT2D eigenvalue weighted by atomic mass is 16.5. The molecule has 0 N–H and O–H groups in total. The smallest absolute Gasteiger partial charge is 0.254 e. The van der Waals surface area contributed by atoms with Crippen LogP contribution in [0.5, 0.6) is 0 Å². The molecule has 1 aliphatic rings. The fourth-order valence-corrected chi connectivity index (χ4v) is 3.70. The molecule has 2 aromatic rings. The standard InChI is InChI=1S/C23H31N3O2/c1-3-14-25(4-2)21-11-9-20(10-12-21)23(27)26(18-22-8-6-15-28-22)17-19-7-5-13-24-16-19/h5,7,9-13,16,22H,3-4,6,8,14-15,17-18H2,1-2H3. The highest BCUT2D eigenvalue weighted by molar-refractivity contribution is 5.94. The van der Waals surface area contributed by atoms with E-state index in [-0.39, 0.29) is 12.0 Å². The number of pyridine rings is 1. The Bertz CT molecular complexity index is 727. The third-order valence-electron chi connectivity index (χ3n) is 5.19. The number of carbonyl (C=O) groups is 1. The third-order valence-corrected chi connectivity index (χ3v) is 5.19. The van der Waals surface area contributed by atoms with Crippen LogP contribution in [0, 0.1) is 0 Å². The normalized spacial score (nSPS) is 16.1. The molecule has 150 valence electrons. The van der Waals surface area contributed by atoms with Crippen molar-refractivity contribution >= 4 is 11.6 Å². The lowest BCUT2D eigenvalue weighted by Gasteiger charge is -2.26. The summed E-state index contributed by atoms with van der Waals surface area (Å²) in [6.45, 7) is 8.29. The average Bonchev–Trinajstić information content (AvgIpc) is 3.25. The molecule has 0 bridgehead atoms. The molecular weight excluding hydrogens is 350 g/mol. The molecule has 1 atom stereocenters. The van der Waals surface area contributed by atoms with E-state index in [0.29, 0.717) is 13.1 Å². The SMILES string of the molecule is CCCN(CC)c1ccc(C(=O)N(Cc2cccnc2)CC2CCCO2)cc1. The zero-order valence-corrected chi connectivity index (χ0v) is 17.0. The molecule has 1 aliphatic heterocycles. The quantitative estimate of drug-likeness (QED) is 0.655. The first-order valence-corrected chi connectivity index (χ1v) is 10.4. The van der Waals surface area contributed by atoms with E-state index in [1.807, 2.05) is 35.4 Å². The first-order chi connectivity index (χ1) is 13.7. The Kier molecular flexibility index (Phi) is 7.43. The van der Waals surface area contributed by atoms with Gasteiger partial charge in [-0.05, 0) is 62.1 Å². The maximum absolute atomic E-state index is 13.2. The van der Waals surface area contributed by atoms with Crippen molar-refractivity contribution in [3.05, 3.63) is 59.9 Å². The number of ether oxygens (including phenoxy) is 1. The molecule has 5 nitrogen and oxygen atoms in total. The predicted octanol–water partition coefficient (Wildman–Crippen LogP) is 4.14. The van der Waals surface area contributed by atoms with Gasteiger partial charge >= 0.3 is 0 Å². The van der Waals surface area contributed by atoms with Crippen molar-refractivity contribution in [2.45, 2.75) is 45.8 Å². The van der Waals surface area contributed by atoms with Gasteiger partial charge in [0.25, 0.3) is 5.91 Å². The van der Waals surface area contributed by atoms with Gasteiger partial charge in [0, 0.05) is 56.4 Å². The summed E-state index contributed by atoms with van der Waals surface area (Å²) >= 11 is 0. The number of hydrogen-bond acceptors (Lipinski definition) is 4. The van der Waals surface area contributed by atoms with Gasteiger partial charge in [-0.1, -0.05) is 13.0 Å². The minimum atomic E-state index is 0.0458. The molecule has 1 fully saturated rings. The Morgan fingerprint density at radius 3 is 2.64 bits per heavy atom. The number of rotatable bonds is 9. The van der Waals surface area contributed by atoms with Gasteiger partial charge in [-0.15, -0.1) is 0 Å². The summed E-state index contributed by atoms with van der Waals surface area (Å²) in [5.74, 6) is 0.0458. The summed E-state index contributed by atoms with van der Waals surface area (Å²) in [7, 11) is 0. The molecule has 1 saturated heterocycles. The lowest BCUT2D eigenvalue weighted by atomic mass is 10.1. The topological polar surface area (TPSA) is 45.7 Å². The average molecular weight is 382 g/mol. The van der Waals surface area contributed by atoms with Gasteiger partial charge in [-0.3, -0.25) is 9.78 Å². The maximum Gasteiger partial charge on any atom is 0.254 e. The first kappa shape index (κ1) is 20.3. The highest BCUT2D eigenvalue weighted by Crippen LogP contribution is 2.20. The van der Waals surface area contributed by atoms with E-state index in [4.69, 9.17) is 4.74 Å². The van der Waals surface area contributed by atoms with Crippen molar-refractivity contribution in [2.24, 2.45) is 0 Å². The van der Waals surface area contributed by atoms with Gasteiger partial charge in [0.2, 0.25) is 0 Å². The molecule has 5 heteroatoms. The summed E-state index contributed by atoms with van der Waals surface area (Å²) < 4.78 is 5.78. The first-order valence-electron chi connectivity index (χ1n) is 10.4. The minimum absolute atomic E-state index is 0.0458. The largest absolute Gasteiger partial charge is 0.376 e. The molecule has 1 aromatic heterocycles. The number of carbonyl (C=O) groups excluding carboxylic acids is 1. The Morgan fingerprint density at radius 1 is 1.21 bits per heavy atom. The van der Waals surface area contributed by atoms with Gasteiger partial charge in [-0.2, -0.15) is 0 Å². The molecule has 1 aromatic carbocycles. The summed E-state index contributed by atoms with van der Waals surface area (Å²) in [5.41, 5.74) is 2.92. The van der Waals surface area contributed by atoms with E-state index in [0.717, 1.165) is 50.1 Å². The zero-order valence-electron chi connectivity index (χ0n) is 17.0. The van der Waals surface area contributed by atoms with Crippen LogP contribution in [0.15, 0.2) is 48.8 Å². The summed E-state index contributed by atoms with van der Waals surface area (Å²) in [6.07, 6.45) is 6.89. The molecule has 2 heterocycles. The van der Waals surface area contributed by atoms with E-state index in [1.165, 1.54) is 5.69 Å². The molecule has 0 radical (unpaired) electrons. The summed E-state index contributed by atoms with van der Waals surface area (Å²) in [6, 6.07) is 11.9. The fraction of sp³-hybridized carbons (Fsp3) is 0.478. The number of anilines is 1. The molecule has 0 saturated carbocycles. The van der Waals surface area contributed by atoms with E-state index in [1.54, 1.807) is 6.20 Å². The van der Waals surface area contributed by atoms with Crippen molar-refractivity contribution in [2.75, 3.05) is 31.1 Å². The van der Waals surface area contributed by atoms with Gasteiger partial charge in [-0.25, -0.2) is 0 Å². The van der Waals surface area contributed by atoms with Crippen molar-refractivity contribution in [1.82, 2.24) is 9.88 Å². The van der Waals surface area contributed by atoms with Crippen LogP contribution in [0.1, 0.15) is 49.0 Å². The summed E-state index contributed by atoms with van der Waals surface area (Å²) in [5, 5.41) is 0. The Hall–Kier alpha value is -2.40. The number of benzene rings is 1. The second-order valence-corrected chi connectivity index (χ2v) is 7.31. The van der Waals surface area contributed by atoms with Crippen LogP contribution in [-0.4, -0.2) is 48.1 Å². The molecule has 1 amide bonds. The van der Waals surface area contributed by atoms with Crippen LogP contribution < -0.4 is 4.90 Å². The second kappa shape index (κ2) is 10.2. The van der Waals surface area contributed by atoms with E-state index >= 15 is 0 Å². The van der Waals surface area contributed by atoms with Gasteiger partial charge < -0.3 is 14.5 Å². The van der Waals surface area contributed by atoms with Gasteiger partial charge in [0.05, 0.1) is 6.10 Å². The molecule has 0 aliphatic carbocycles. The van der Waals surface area contributed by atoms with E-state index in [2.05, 4.69) is 35.9 Å². The van der Waals surface area contributed by atoms with Gasteiger partial charge in [0.15, 0.2) is 0 Å². The maximum atomic E-state index is 13.2.